The van der Waals surface area contributed by atoms with E-state index in [0.717, 1.165) is 31.4 Å². The first-order chi connectivity index (χ1) is 12.6. The molecule has 1 aromatic heterocycles. The lowest BCUT2D eigenvalue weighted by Gasteiger charge is -2.42. The van der Waals surface area contributed by atoms with Gasteiger partial charge in [-0.15, -0.1) is 0 Å². The summed E-state index contributed by atoms with van der Waals surface area (Å²) >= 11 is 0. The topological polar surface area (TPSA) is 36.4 Å². The van der Waals surface area contributed by atoms with Crippen molar-refractivity contribution in [1.82, 2.24) is 9.88 Å². The fraction of sp³-hybridized carbons (Fsp3) is 0.700. The van der Waals surface area contributed by atoms with Gasteiger partial charge in [0.25, 0.3) is 0 Å². The van der Waals surface area contributed by atoms with Gasteiger partial charge >= 0.3 is 6.18 Å². The van der Waals surface area contributed by atoms with Crippen LogP contribution in [0.1, 0.15) is 45.6 Å². The van der Waals surface area contributed by atoms with Gasteiger partial charge in [0.15, 0.2) is 0 Å². The highest BCUT2D eigenvalue weighted by Gasteiger charge is 2.48. The van der Waals surface area contributed by atoms with Gasteiger partial charge < -0.3 is 9.80 Å². The molecule has 2 heterocycles. The summed E-state index contributed by atoms with van der Waals surface area (Å²) in [7, 11) is 0. The Labute approximate surface area is 158 Å². The van der Waals surface area contributed by atoms with Crippen molar-refractivity contribution in [3.63, 3.8) is 0 Å². The van der Waals surface area contributed by atoms with Crippen LogP contribution in [0.25, 0.3) is 0 Å². The van der Waals surface area contributed by atoms with E-state index in [2.05, 4.69) is 25.8 Å². The normalized spacial score (nSPS) is 26.7. The van der Waals surface area contributed by atoms with E-state index >= 15 is 0 Å². The Morgan fingerprint density at radius 3 is 2.44 bits per heavy atom. The molecule has 1 aliphatic heterocycles. The minimum Gasteiger partial charge on any atom is -0.353 e. The lowest BCUT2D eigenvalue weighted by molar-refractivity contribution is -0.145. The zero-order chi connectivity index (χ0) is 19.8. The van der Waals surface area contributed by atoms with E-state index in [4.69, 9.17) is 0 Å². The molecule has 1 saturated carbocycles. The first kappa shape index (κ1) is 20.0. The van der Waals surface area contributed by atoms with Gasteiger partial charge in [-0.3, -0.25) is 4.79 Å². The number of pyridine rings is 1. The molecule has 150 valence electrons. The maximum atomic E-state index is 13.3. The number of aromatic nitrogens is 1. The van der Waals surface area contributed by atoms with Crippen LogP contribution >= 0.6 is 0 Å². The molecular formula is C20H28F3N3O. The van der Waals surface area contributed by atoms with Gasteiger partial charge in [-0.1, -0.05) is 20.8 Å². The van der Waals surface area contributed by atoms with Crippen LogP contribution in [0.4, 0.5) is 19.0 Å². The predicted molar refractivity (Wildman–Crippen MR) is 98.3 cm³/mol. The van der Waals surface area contributed by atoms with E-state index < -0.39 is 11.7 Å². The molecule has 2 aliphatic rings. The average Bonchev–Trinajstić information content (AvgIpc) is 3.04. The second-order valence-corrected chi connectivity index (χ2v) is 8.34. The largest absolute Gasteiger partial charge is 0.416 e. The Hall–Kier alpha value is -1.79. The maximum Gasteiger partial charge on any atom is 0.416 e. The average molecular weight is 383 g/mol. The first-order valence-corrected chi connectivity index (χ1v) is 9.71. The second kappa shape index (κ2) is 7.32. The molecule has 0 N–H and O–H groups in total. The molecule has 4 nitrogen and oxygen atoms in total. The number of hydrogen-bond acceptors (Lipinski definition) is 3. The predicted octanol–water partition coefficient (Wildman–Crippen LogP) is 4.21. The molecule has 0 bridgehead atoms. The van der Waals surface area contributed by atoms with E-state index in [1.54, 1.807) is 0 Å². The quantitative estimate of drug-likeness (QED) is 0.785. The molecule has 7 heteroatoms. The highest BCUT2D eigenvalue weighted by Crippen LogP contribution is 2.48. The monoisotopic (exact) mass is 383 g/mol. The smallest absolute Gasteiger partial charge is 0.353 e. The third-order valence-corrected chi connectivity index (χ3v) is 6.29. The molecule has 0 radical (unpaired) electrons. The van der Waals surface area contributed by atoms with Crippen molar-refractivity contribution < 1.29 is 18.0 Å². The van der Waals surface area contributed by atoms with Crippen molar-refractivity contribution in [2.24, 2.45) is 17.3 Å². The highest BCUT2D eigenvalue weighted by molar-refractivity contribution is 5.83. The number of anilines is 1. The molecule has 27 heavy (non-hydrogen) atoms. The maximum absolute atomic E-state index is 13.3. The van der Waals surface area contributed by atoms with E-state index in [1.165, 1.54) is 6.20 Å². The van der Waals surface area contributed by atoms with Gasteiger partial charge in [0.2, 0.25) is 5.91 Å². The summed E-state index contributed by atoms with van der Waals surface area (Å²) in [5, 5.41) is 0. The summed E-state index contributed by atoms with van der Waals surface area (Å²) in [6, 6.07) is 2.07. The first-order valence-electron chi connectivity index (χ1n) is 9.71. The van der Waals surface area contributed by atoms with Crippen molar-refractivity contribution in [1.29, 1.82) is 0 Å². The van der Waals surface area contributed by atoms with Crippen LogP contribution in [0, 0.1) is 17.3 Å². The molecule has 1 saturated heterocycles. The minimum absolute atomic E-state index is 0.221. The van der Waals surface area contributed by atoms with Crippen LogP contribution in [0.2, 0.25) is 0 Å². The molecule has 0 aromatic carbocycles. The van der Waals surface area contributed by atoms with Gasteiger partial charge in [0.1, 0.15) is 5.82 Å². The van der Waals surface area contributed by atoms with Crippen LogP contribution in [0.3, 0.4) is 0 Å². The second-order valence-electron chi connectivity index (χ2n) is 8.34. The molecule has 0 spiro atoms. The number of carbonyl (C=O) groups is 1. The third kappa shape index (κ3) is 3.92. The van der Waals surface area contributed by atoms with Crippen LogP contribution < -0.4 is 4.90 Å². The van der Waals surface area contributed by atoms with Gasteiger partial charge in [0, 0.05) is 32.4 Å². The van der Waals surface area contributed by atoms with E-state index in [1.807, 2.05) is 9.80 Å². The minimum atomic E-state index is -4.38. The third-order valence-electron chi connectivity index (χ3n) is 6.29. The number of nitrogens with zero attached hydrogens (tertiary/aromatic N) is 3. The molecule has 1 aliphatic carbocycles. The Kier molecular flexibility index (Phi) is 5.41. The fourth-order valence-electron chi connectivity index (χ4n) is 4.52. The van der Waals surface area contributed by atoms with Gasteiger partial charge in [-0.2, -0.15) is 13.2 Å². The zero-order valence-electron chi connectivity index (χ0n) is 16.2. The molecule has 1 amide bonds. The fourth-order valence-corrected chi connectivity index (χ4v) is 4.52. The molecule has 0 unspecified atom stereocenters. The number of halogens is 3. The van der Waals surface area contributed by atoms with Gasteiger partial charge in [0.05, 0.1) is 11.0 Å². The SMILES string of the molecule is CC(C)[C@]1(C(=O)N2CCN(c3cc(C(F)(F)F)ccn3)CC2)CC[C@@H](C)C1. The number of hydrogen-bond donors (Lipinski definition) is 0. The van der Waals surface area contributed by atoms with E-state index in [-0.39, 0.29) is 17.2 Å². The summed E-state index contributed by atoms with van der Waals surface area (Å²) < 4.78 is 38.8. The molecule has 2 atom stereocenters. The number of carbonyl (C=O) groups excluding carboxylic acids is 1. The van der Waals surface area contributed by atoms with E-state index in [9.17, 15) is 18.0 Å². The lowest BCUT2D eigenvalue weighted by Crippen LogP contribution is -2.54. The van der Waals surface area contributed by atoms with Crippen molar-refractivity contribution in [2.45, 2.75) is 46.2 Å². The molecular weight excluding hydrogens is 355 g/mol. The number of piperazine rings is 1. The van der Waals surface area contributed by atoms with Crippen LogP contribution in [0.5, 0.6) is 0 Å². The Morgan fingerprint density at radius 1 is 1.26 bits per heavy atom. The summed E-state index contributed by atoms with van der Waals surface area (Å²) in [6.45, 7) is 8.51. The summed E-state index contributed by atoms with van der Waals surface area (Å²) in [5.74, 6) is 1.40. The summed E-state index contributed by atoms with van der Waals surface area (Å²) in [4.78, 5) is 21.1. The number of amides is 1. The van der Waals surface area contributed by atoms with Crippen molar-refractivity contribution >= 4 is 11.7 Å². The molecule has 1 aromatic rings. The number of rotatable bonds is 3. The standard InChI is InChI=1S/C20H28F3N3O/c1-14(2)19(6-4-15(3)13-19)18(27)26-10-8-25(9-11-26)17-12-16(5-7-24-17)20(21,22)23/h5,7,12,14-15H,4,6,8-11,13H2,1-3H3/t15-,19+/m1/s1. The van der Waals surface area contributed by atoms with Crippen molar-refractivity contribution in [3.8, 4) is 0 Å². The van der Waals surface area contributed by atoms with Crippen molar-refractivity contribution in [2.75, 3.05) is 31.1 Å². The van der Waals surface area contributed by atoms with Crippen LogP contribution in [0.15, 0.2) is 18.3 Å². The van der Waals surface area contributed by atoms with E-state index in [0.29, 0.717) is 37.9 Å². The summed E-state index contributed by atoms with van der Waals surface area (Å²) in [5.41, 5.74) is -0.972. The Bertz CT molecular complexity index is 683. The van der Waals surface area contributed by atoms with Crippen LogP contribution in [-0.4, -0.2) is 42.0 Å². The summed E-state index contributed by atoms with van der Waals surface area (Å²) in [6.07, 6.45) is -0.237. The van der Waals surface area contributed by atoms with Gasteiger partial charge in [-0.25, -0.2) is 4.98 Å². The zero-order valence-corrected chi connectivity index (χ0v) is 16.2. The Balaban J connectivity index is 1.68. The highest BCUT2D eigenvalue weighted by atomic mass is 19.4. The molecule has 3 rings (SSSR count). The van der Waals surface area contributed by atoms with Crippen LogP contribution in [-0.2, 0) is 11.0 Å². The van der Waals surface area contributed by atoms with Crippen molar-refractivity contribution in [3.05, 3.63) is 23.9 Å². The number of alkyl halides is 3. The Morgan fingerprint density at radius 2 is 1.93 bits per heavy atom. The lowest BCUT2D eigenvalue weighted by atomic mass is 9.73. The molecule has 2 fully saturated rings. The van der Waals surface area contributed by atoms with Gasteiger partial charge in [-0.05, 0) is 43.2 Å².